The van der Waals surface area contributed by atoms with Crippen molar-refractivity contribution in [3.63, 3.8) is 0 Å². The third kappa shape index (κ3) is 2.93. The van der Waals surface area contributed by atoms with E-state index in [4.69, 9.17) is 5.73 Å². The second-order valence-electron chi connectivity index (χ2n) is 3.21. The summed E-state index contributed by atoms with van der Waals surface area (Å²) >= 11 is 2.99. The Labute approximate surface area is 100 Å². The molecule has 0 spiro atoms. The van der Waals surface area contributed by atoms with Gasteiger partial charge in [-0.25, -0.2) is 4.39 Å². The number of hydrogen-bond donors (Lipinski definition) is 2. The maximum absolute atomic E-state index is 13.1. The van der Waals surface area contributed by atoms with Crippen LogP contribution in [-0.4, -0.2) is 18.2 Å². The van der Waals surface area contributed by atoms with Crippen LogP contribution in [-0.2, 0) is 9.53 Å². The van der Waals surface area contributed by atoms with Crippen molar-refractivity contribution < 1.29 is 19.0 Å². The van der Waals surface area contributed by atoms with Crippen molar-refractivity contribution >= 4 is 21.9 Å². The Morgan fingerprint density at radius 2 is 2.31 bits per heavy atom. The number of halogens is 2. The van der Waals surface area contributed by atoms with E-state index >= 15 is 0 Å². The molecule has 88 valence electrons. The predicted molar refractivity (Wildman–Crippen MR) is 59.3 cm³/mol. The van der Waals surface area contributed by atoms with Crippen LogP contribution in [0.15, 0.2) is 16.6 Å². The highest BCUT2D eigenvalue weighted by Gasteiger charge is 2.18. The summed E-state index contributed by atoms with van der Waals surface area (Å²) in [7, 11) is 1.23. The molecule has 1 atom stereocenters. The molecular formula is C10H11BrFNO3. The van der Waals surface area contributed by atoms with Gasteiger partial charge in [0.1, 0.15) is 11.6 Å². The van der Waals surface area contributed by atoms with E-state index in [9.17, 15) is 14.3 Å². The molecule has 3 N–H and O–H groups in total. The molecule has 0 unspecified atom stereocenters. The number of nitrogens with two attached hydrogens (primary N) is 1. The SMILES string of the molecule is COC(=O)C[C@H](N)c1cc(F)cc(Br)c1O. The number of ether oxygens (including phenoxy) is 1. The van der Waals surface area contributed by atoms with Crippen molar-refractivity contribution in [3.05, 3.63) is 28.0 Å². The molecule has 1 aromatic rings. The Morgan fingerprint density at radius 1 is 1.69 bits per heavy atom. The second kappa shape index (κ2) is 5.27. The largest absolute Gasteiger partial charge is 0.506 e. The van der Waals surface area contributed by atoms with Crippen molar-refractivity contribution in [2.24, 2.45) is 5.73 Å². The Hall–Kier alpha value is -1.14. The number of rotatable bonds is 3. The van der Waals surface area contributed by atoms with Crippen LogP contribution in [0.25, 0.3) is 0 Å². The summed E-state index contributed by atoms with van der Waals surface area (Å²) in [5, 5.41) is 9.63. The molecule has 1 rings (SSSR count). The zero-order valence-corrected chi connectivity index (χ0v) is 10.1. The van der Waals surface area contributed by atoms with Gasteiger partial charge >= 0.3 is 5.97 Å². The number of carbonyl (C=O) groups excluding carboxylic acids is 1. The van der Waals surface area contributed by atoms with Crippen LogP contribution in [0.4, 0.5) is 4.39 Å². The van der Waals surface area contributed by atoms with Crippen LogP contribution in [0.3, 0.4) is 0 Å². The quantitative estimate of drug-likeness (QED) is 0.834. The highest BCUT2D eigenvalue weighted by atomic mass is 79.9. The van der Waals surface area contributed by atoms with Crippen LogP contribution >= 0.6 is 15.9 Å². The number of methoxy groups -OCH3 is 1. The van der Waals surface area contributed by atoms with Gasteiger partial charge in [0, 0.05) is 11.6 Å². The molecule has 0 heterocycles. The van der Waals surface area contributed by atoms with Gasteiger partial charge in [0.15, 0.2) is 0 Å². The van der Waals surface area contributed by atoms with Crippen molar-refractivity contribution in [2.75, 3.05) is 7.11 Å². The van der Waals surface area contributed by atoms with Crippen LogP contribution in [0.2, 0.25) is 0 Å². The molecule has 0 aliphatic rings. The number of phenolic OH excluding ortho intramolecular Hbond substituents is 1. The van der Waals surface area contributed by atoms with E-state index in [1.807, 2.05) is 0 Å². The average Bonchev–Trinajstić information content (AvgIpc) is 2.22. The molecule has 0 bridgehead atoms. The average molecular weight is 292 g/mol. The van der Waals surface area contributed by atoms with E-state index in [0.717, 1.165) is 12.1 Å². The molecule has 0 aliphatic heterocycles. The van der Waals surface area contributed by atoms with E-state index in [2.05, 4.69) is 20.7 Å². The summed E-state index contributed by atoms with van der Waals surface area (Å²) in [4.78, 5) is 11.0. The smallest absolute Gasteiger partial charge is 0.307 e. The number of esters is 1. The Morgan fingerprint density at radius 3 is 2.88 bits per heavy atom. The van der Waals surface area contributed by atoms with Crippen molar-refractivity contribution in [1.82, 2.24) is 0 Å². The van der Waals surface area contributed by atoms with Gasteiger partial charge in [-0.05, 0) is 28.1 Å². The van der Waals surface area contributed by atoms with E-state index in [1.54, 1.807) is 0 Å². The molecule has 0 saturated carbocycles. The topological polar surface area (TPSA) is 72.5 Å². The summed E-state index contributed by atoms with van der Waals surface area (Å²) in [5.41, 5.74) is 5.83. The number of aromatic hydroxyl groups is 1. The normalized spacial score (nSPS) is 12.2. The van der Waals surface area contributed by atoms with Gasteiger partial charge in [-0.2, -0.15) is 0 Å². The number of benzene rings is 1. The molecule has 0 radical (unpaired) electrons. The summed E-state index contributed by atoms with van der Waals surface area (Å²) in [6, 6.07) is 1.40. The first kappa shape index (κ1) is 12.9. The third-order valence-electron chi connectivity index (χ3n) is 2.07. The van der Waals surface area contributed by atoms with E-state index in [0.29, 0.717) is 0 Å². The number of hydrogen-bond acceptors (Lipinski definition) is 4. The lowest BCUT2D eigenvalue weighted by Crippen LogP contribution is -2.16. The predicted octanol–water partition coefficient (Wildman–Crippen LogP) is 1.86. The standard InChI is InChI=1S/C10H11BrFNO3/c1-16-9(14)4-8(13)6-2-5(12)3-7(11)10(6)15/h2-3,8,15H,4,13H2,1H3/t8-/m0/s1. The number of phenols is 1. The molecule has 0 amide bonds. The maximum atomic E-state index is 13.1. The van der Waals surface area contributed by atoms with Gasteiger partial charge in [-0.15, -0.1) is 0 Å². The fourth-order valence-electron chi connectivity index (χ4n) is 1.24. The fraction of sp³-hybridized carbons (Fsp3) is 0.300. The van der Waals surface area contributed by atoms with Crippen molar-refractivity contribution in [2.45, 2.75) is 12.5 Å². The molecule has 0 fully saturated rings. The number of carbonyl (C=O) groups is 1. The van der Waals surface area contributed by atoms with Crippen LogP contribution < -0.4 is 5.73 Å². The van der Waals surface area contributed by atoms with Crippen molar-refractivity contribution in [1.29, 1.82) is 0 Å². The van der Waals surface area contributed by atoms with Gasteiger partial charge in [0.2, 0.25) is 0 Å². The first-order valence-electron chi connectivity index (χ1n) is 4.46. The molecule has 6 heteroatoms. The lowest BCUT2D eigenvalue weighted by molar-refractivity contribution is -0.141. The molecule has 0 aliphatic carbocycles. The van der Waals surface area contributed by atoms with Crippen LogP contribution in [0.1, 0.15) is 18.0 Å². The highest BCUT2D eigenvalue weighted by molar-refractivity contribution is 9.10. The summed E-state index contributed by atoms with van der Waals surface area (Å²) in [6.45, 7) is 0. The molecular weight excluding hydrogens is 281 g/mol. The van der Waals surface area contributed by atoms with Gasteiger partial charge in [-0.3, -0.25) is 4.79 Å². The summed E-state index contributed by atoms with van der Waals surface area (Å²) < 4.78 is 17.7. The fourth-order valence-corrected chi connectivity index (χ4v) is 1.69. The van der Waals surface area contributed by atoms with Gasteiger partial charge in [0.25, 0.3) is 0 Å². The molecule has 0 saturated heterocycles. The zero-order valence-electron chi connectivity index (χ0n) is 8.54. The lowest BCUT2D eigenvalue weighted by atomic mass is 10.0. The minimum atomic E-state index is -0.806. The zero-order chi connectivity index (χ0) is 12.3. The Bertz CT molecular complexity index is 411. The van der Waals surface area contributed by atoms with Crippen LogP contribution in [0.5, 0.6) is 5.75 Å². The molecule has 1 aromatic carbocycles. The molecule has 0 aromatic heterocycles. The minimum Gasteiger partial charge on any atom is -0.506 e. The van der Waals surface area contributed by atoms with Gasteiger partial charge in [0.05, 0.1) is 18.0 Å². The minimum absolute atomic E-state index is 0.125. The first-order valence-corrected chi connectivity index (χ1v) is 5.25. The highest BCUT2D eigenvalue weighted by Crippen LogP contribution is 2.33. The van der Waals surface area contributed by atoms with Gasteiger partial charge in [-0.1, -0.05) is 0 Å². The van der Waals surface area contributed by atoms with Crippen LogP contribution in [0, 0.1) is 5.82 Å². The monoisotopic (exact) mass is 291 g/mol. The molecule has 4 nitrogen and oxygen atoms in total. The Kier molecular flexibility index (Phi) is 4.26. The maximum Gasteiger partial charge on any atom is 0.307 e. The Balaban J connectivity index is 2.99. The van der Waals surface area contributed by atoms with E-state index in [1.165, 1.54) is 7.11 Å². The first-order chi connectivity index (χ1) is 7.45. The lowest BCUT2D eigenvalue weighted by Gasteiger charge is -2.13. The van der Waals surface area contributed by atoms with E-state index < -0.39 is 17.8 Å². The summed E-state index contributed by atoms with van der Waals surface area (Å²) in [6.07, 6.45) is -0.125. The molecule has 16 heavy (non-hydrogen) atoms. The third-order valence-corrected chi connectivity index (χ3v) is 2.68. The van der Waals surface area contributed by atoms with E-state index in [-0.39, 0.29) is 22.2 Å². The summed E-state index contributed by atoms with van der Waals surface area (Å²) in [5.74, 6) is -1.23. The second-order valence-corrected chi connectivity index (χ2v) is 4.07. The van der Waals surface area contributed by atoms with Crippen molar-refractivity contribution in [3.8, 4) is 5.75 Å². The van der Waals surface area contributed by atoms with Gasteiger partial charge < -0.3 is 15.6 Å².